The maximum absolute atomic E-state index is 11.8. The van der Waals surface area contributed by atoms with Gasteiger partial charge in [0.25, 0.3) is 0 Å². The van der Waals surface area contributed by atoms with Crippen LogP contribution in [0.4, 0.5) is 13.2 Å². The lowest BCUT2D eigenvalue weighted by Crippen LogP contribution is -2.19. The van der Waals surface area contributed by atoms with E-state index in [0.717, 1.165) is 24.0 Å². The lowest BCUT2D eigenvalue weighted by Gasteiger charge is -2.11. The van der Waals surface area contributed by atoms with Crippen molar-refractivity contribution in [3.63, 3.8) is 0 Å². The highest BCUT2D eigenvalue weighted by Crippen LogP contribution is 2.31. The van der Waals surface area contributed by atoms with Gasteiger partial charge in [0.05, 0.1) is 0 Å². The topological polar surface area (TPSA) is 44.5 Å². The van der Waals surface area contributed by atoms with Crippen LogP contribution in [0.15, 0.2) is 18.2 Å². The van der Waals surface area contributed by atoms with Crippen LogP contribution in [0.2, 0.25) is 0 Å². The monoisotopic (exact) mass is 261 g/mol. The van der Waals surface area contributed by atoms with Crippen LogP contribution in [0, 0.1) is 0 Å². The lowest BCUT2D eigenvalue weighted by molar-refractivity contribution is -0.186. The summed E-state index contributed by atoms with van der Waals surface area (Å²) in [5.74, 6) is 0.505. The first-order valence-electron chi connectivity index (χ1n) is 5.61. The van der Waals surface area contributed by atoms with Gasteiger partial charge >= 0.3 is 6.18 Å². The average molecular weight is 261 g/mol. The number of halogens is 3. The molecule has 0 aromatic heterocycles. The van der Waals surface area contributed by atoms with E-state index in [0.29, 0.717) is 5.75 Å². The van der Waals surface area contributed by atoms with Crippen LogP contribution in [0.3, 0.4) is 0 Å². The smallest absolute Gasteiger partial charge is 0.411 e. The van der Waals surface area contributed by atoms with Gasteiger partial charge in [-0.25, -0.2) is 0 Å². The number of aryl methyl sites for hydroxylation is 1. The zero-order chi connectivity index (χ0) is 13.2. The van der Waals surface area contributed by atoms with Gasteiger partial charge in [0.2, 0.25) is 0 Å². The second kappa shape index (κ2) is 5.16. The molecule has 2 rings (SSSR count). The van der Waals surface area contributed by atoms with Crippen molar-refractivity contribution in [3.05, 3.63) is 29.3 Å². The fraction of sp³-hybridized carbons (Fsp3) is 0.500. The fourth-order valence-corrected chi connectivity index (χ4v) is 1.98. The molecular formula is C12H14F3NO2. The SMILES string of the molecule is NC1CCc2cc(OCOCC(F)(F)F)ccc21. The first kappa shape index (κ1) is 13.2. The largest absolute Gasteiger partial charge is 0.468 e. The van der Waals surface area contributed by atoms with E-state index in [1.165, 1.54) is 0 Å². The predicted molar refractivity (Wildman–Crippen MR) is 59.2 cm³/mol. The van der Waals surface area contributed by atoms with Gasteiger partial charge in [0, 0.05) is 6.04 Å². The Morgan fingerprint density at radius 2 is 2.11 bits per heavy atom. The van der Waals surface area contributed by atoms with E-state index < -0.39 is 19.6 Å². The molecule has 1 aliphatic rings. The van der Waals surface area contributed by atoms with Crippen LogP contribution >= 0.6 is 0 Å². The van der Waals surface area contributed by atoms with Gasteiger partial charge in [-0.15, -0.1) is 0 Å². The normalized spacial score (nSPS) is 18.8. The first-order chi connectivity index (χ1) is 8.46. The molecule has 0 fully saturated rings. The second-order valence-electron chi connectivity index (χ2n) is 4.23. The molecule has 0 bridgehead atoms. The summed E-state index contributed by atoms with van der Waals surface area (Å²) < 4.78 is 44.9. The maximum atomic E-state index is 11.8. The molecule has 0 aliphatic heterocycles. The number of ether oxygens (including phenoxy) is 2. The zero-order valence-corrected chi connectivity index (χ0v) is 9.67. The average Bonchev–Trinajstić information content (AvgIpc) is 2.65. The van der Waals surface area contributed by atoms with Crippen LogP contribution in [0.1, 0.15) is 23.6 Å². The van der Waals surface area contributed by atoms with E-state index in [1.54, 1.807) is 12.1 Å². The summed E-state index contributed by atoms with van der Waals surface area (Å²) >= 11 is 0. The molecule has 1 aromatic rings. The van der Waals surface area contributed by atoms with Crippen molar-refractivity contribution < 1.29 is 22.6 Å². The molecular weight excluding hydrogens is 247 g/mol. The molecule has 0 saturated heterocycles. The van der Waals surface area contributed by atoms with Crippen LogP contribution in [-0.2, 0) is 11.2 Å². The first-order valence-corrected chi connectivity index (χ1v) is 5.61. The second-order valence-corrected chi connectivity index (χ2v) is 4.23. The number of nitrogens with two attached hydrogens (primary N) is 1. The van der Waals surface area contributed by atoms with E-state index in [1.807, 2.05) is 6.07 Å². The molecule has 1 atom stereocenters. The van der Waals surface area contributed by atoms with E-state index in [4.69, 9.17) is 10.5 Å². The van der Waals surface area contributed by atoms with Crippen molar-refractivity contribution in [2.45, 2.75) is 25.1 Å². The summed E-state index contributed by atoms with van der Waals surface area (Å²) in [5, 5.41) is 0. The number of benzene rings is 1. The molecule has 3 nitrogen and oxygen atoms in total. The van der Waals surface area contributed by atoms with Crippen LogP contribution in [0.5, 0.6) is 5.75 Å². The molecule has 100 valence electrons. The van der Waals surface area contributed by atoms with E-state index in [9.17, 15) is 13.2 Å². The van der Waals surface area contributed by atoms with Gasteiger partial charge in [-0.05, 0) is 36.1 Å². The maximum Gasteiger partial charge on any atom is 0.411 e. The number of hydrogen-bond acceptors (Lipinski definition) is 3. The van der Waals surface area contributed by atoms with E-state index >= 15 is 0 Å². The van der Waals surface area contributed by atoms with Gasteiger partial charge in [0.15, 0.2) is 6.79 Å². The summed E-state index contributed by atoms with van der Waals surface area (Å²) in [6, 6.07) is 5.40. The summed E-state index contributed by atoms with van der Waals surface area (Å²) in [7, 11) is 0. The Kier molecular flexibility index (Phi) is 3.77. The van der Waals surface area contributed by atoms with Crippen LogP contribution in [-0.4, -0.2) is 19.6 Å². The van der Waals surface area contributed by atoms with Gasteiger partial charge in [0.1, 0.15) is 12.4 Å². The van der Waals surface area contributed by atoms with Gasteiger partial charge in [-0.2, -0.15) is 13.2 Å². The fourth-order valence-electron chi connectivity index (χ4n) is 1.98. The quantitative estimate of drug-likeness (QED) is 0.669. The van der Waals surface area contributed by atoms with Crippen LogP contribution in [0.25, 0.3) is 0 Å². The number of fused-ring (bicyclic) bond motifs is 1. The zero-order valence-electron chi connectivity index (χ0n) is 9.67. The summed E-state index contributed by atoms with van der Waals surface area (Å²) in [6.07, 6.45) is -2.56. The molecule has 1 aromatic carbocycles. The van der Waals surface area contributed by atoms with Gasteiger partial charge in [-0.1, -0.05) is 6.07 Å². The third kappa shape index (κ3) is 3.36. The lowest BCUT2D eigenvalue weighted by atomic mass is 10.1. The standard InChI is InChI=1S/C12H14F3NO2/c13-12(14,15)6-17-7-18-9-2-3-10-8(5-9)1-4-11(10)16/h2-3,5,11H,1,4,6-7,16H2. The van der Waals surface area contributed by atoms with Crippen molar-refractivity contribution in [3.8, 4) is 5.75 Å². The highest BCUT2D eigenvalue weighted by atomic mass is 19.4. The molecule has 1 aliphatic carbocycles. The van der Waals surface area contributed by atoms with Crippen molar-refractivity contribution in [2.75, 3.05) is 13.4 Å². The Balaban J connectivity index is 1.84. The van der Waals surface area contributed by atoms with Crippen molar-refractivity contribution in [2.24, 2.45) is 5.73 Å². The summed E-state index contributed by atoms with van der Waals surface area (Å²) in [6.45, 7) is -1.72. The minimum atomic E-state index is -4.33. The van der Waals surface area contributed by atoms with Crippen molar-refractivity contribution >= 4 is 0 Å². The predicted octanol–water partition coefficient (Wildman–Crippen LogP) is 2.55. The molecule has 0 spiro atoms. The molecule has 1 unspecified atom stereocenters. The van der Waals surface area contributed by atoms with Crippen LogP contribution < -0.4 is 10.5 Å². The Hall–Kier alpha value is -1.27. The van der Waals surface area contributed by atoms with Gasteiger partial charge < -0.3 is 15.2 Å². The number of alkyl halides is 3. The van der Waals surface area contributed by atoms with E-state index in [-0.39, 0.29) is 6.04 Å². The Morgan fingerprint density at radius 1 is 1.33 bits per heavy atom. The minimum absolute atomic E-state index is 0.0514. The molecule has 0 amide bonds. The highest BCUT2D eigenvalue weighted by Gasteiger charge is 2.27. The minimum Gasteiger partial charge on any atom is -0.468 e. The molecule has 2 N–H and O–H groups in total. The Labute approximate surface area is 103 Å². The Morgan fingerprint density at radius 3 is 2.83 bits per heavy atom. The highest BCUT2D eigenvalue weighted by molar-refractivity contribution is 5.40. The Bertz CT molecular complexity index is 420. The van der Waals surface area contributed by atoms with E-state index in [2.05, 4.69) is 4.74 Å². The molecule has 0 heterocycles. The van der Waals surface area contributed by atoms with Crippen molar-refractivity contribution in [1.82, 2.24) is 0 Å². The van der Waals surface area contributed by atoms with Gasteiger partial charge in [-0.3, -0.25) is 0 Å². The number of rotatable bonds is 4. The van der Waals surface area contributed by atoms with Crippen molar-refractivity contribution in [1.29, 1.82) is 0 Å². The third-order valence-corrected chi connectivity index (χ3v) is 2.81. The summed E-state index contributed by atoms with van der Waals surface area (Å²) in [5.41, 5.74) is 8.05. The molecule has 18 heavy (non-hydrogen) atoms. The third-order valence-electron chi connectivity index (χ3n) is 2.81. The molecule has 0 radical (unpaired) electrons. The summed E-state index contributed by atoms with van der Waals surface area (Å²) in [4.78, 5) is 0. The number of hydrogen-bond donors (Lipinski definition) is 1. The molecule has 6 heteroatoms. The molecule has 0 saturated carbocycles.